The number of fused-ring (bicyclic) bond motifs is 1. The highest BCUT2D eigenvalue weighted by atomic mass is 35.5. The van der Waals surface area contributed by atoms with E-state index in [1.807, 2.05) is 24.8 Å². The molecule has 0 saturated carbocycles. The van der Waals surface area contributed by atoms with Crippen LogP contribution in [0.3, 0.4) is 0 Å². The first-order valence-corrected chi connectivity index (χ1v) is 6.68. The Morgan fingerprint density at radius 1 is 1.44 bits per heavy atom. The third kappa shape index (κ3) is 2.42. The van der Waals surface area contributed by atoms with Gasteiger partial charge in [0.15, 0.2) is 0 Å². The maximum atomic E-state index is 6.01. The fourth-order valence-corrected chi connectivity index (χ4v) is 2.78. The summed E-state index contributed by atoms with van der Waals surface area (Å²) in [5, 5.41) is 4.44. The van der Waals surface area contributed by atoms with E-state index in [1.54, 1.807) is 0 Å². The molecule has 1 unspecified atom stereocenters. The minimum absolute atomic E-state index is 0.473. The summed E-state index contributed by atoms with van der Waals surface area (Å²) in [7, 11) is 0. The Bertz CT molecular complexity index is 522. The van der Waals surface area contributed by atoms with Crippen LogP contribution in [0.2, 0.25) is 5.02 Å². The van der Waals surface area contributed by atoms with Crippen molar-refractivity contribution in [1.82, 2.24) is 14.9 Å². The van der Waals surface area contributed by atoms with E-state index in [1.165, 1.54) is 17.5 Å². The molecular formula is C14H16ClN3. The number of nitrogens with zero attached hydrogens (tertiary/aromatic N) is 2. The maximum Gasteiger partial charge on any atom is 0.0946 e. The zero-order valence-corrected chi connectivity index (χ0v) is 10.9. The van der Waals surface area contributed by atoms with Crippen molar-refractivity contribution in [2.24, 2.45) is 0 Å². The molecule has 0 saturated heterocycles. The number of hydrogen-bond acceptors (Lipinski definition) is 2. The van der Waals surface area contributed by atoms with Crippen LogP contribution >= 0.6 is 11.6 Å². The Hall–Kier alpha value is -1.32. The SMILES string of the molecule is Clc1ccc2c(c1)CCC2NCCn1ccnc1. The third-order valence-electron chi connectivity index (χ3n) is 3.50. The van der Waals surface area contributed by atoms with Crippen LogP contribution < -0.4 is 5.32 Å². The molecule has 3 nitrogen and oxygen atoms in total. The Morgan fingerprint density at radius 2 is 2.39 bits per heavy atom. The first-order valence-electron chi connectivity index (χ1n) is 6.30. The molecule has 2 aromatic rings. The van der Waals surface area contributed by atoms with E-state index in [2.05, 4.69) is 27.0 Å². The lowest BCUT2D eigenvalue weighted by atomic mass is 10.1. The van der Waals surface area contributed by atoms with Gasteiger partial charge in [0.2, 0.25) is 0 Å². The minimum atomic E-state index is 0.473. The highest BCUT2D eigenvalue weighted by Crippen LogP contribution is 2.32. The molecule has 0 fully saturated rings. The maximum absolute atomic E-state index is 6.01. The standard InChI is InChI=1S/C14H16ClN3/c15-12-2-3-13-11(9-12)1-4-14(13)17-6-8-18-7-5-16-10-18/h2-3,5,7,9-10,14,17H,1,4,6,8H2. The van der Waals surface area contributed by atoms with Crippen LogP contribution in [0, 0.1) is 0 Å². The van der Waals surface area contributed by atoms with Crippen LogP contribution in [0.4, 0.5) is 0 Å². The average molecular weight is 262 g/mol. The number of imidazole rings is 1. The van der Waals surface area contributed by atoms with Crippen molar-refractivity contribution in [2.45, 2.75) is 25.4 Å². The van der Waals surface area contributed by atoms with Crippen LogP contribution in [-0.2, 0) is 13.0 Å². The van der Waals surface area contributed by atoms with E-state index in [4.69, 9.17) is 11.6 Å². The molecular weight excluding hydrogens is 246 g/mol. The first-order chi connectivity index (χ1) is 8.83. The van der Waals surface area contributed by atoms with Crippen molar-refractivity contribution in [3.05, 3.63) is 53.1 Å². The van der Waals surface area contributed by atoms with Gasteiger partial charge in [0, 0.05) is 36.5 Å². The summed E-state index contributed by atoms with van der Waals surface area (Å²) in [6, 6.07) is 6.70. The molecule has 1 heterocycles. The van der Waals surface area contributed by atoms with Crippen molar-refractivity contribution >= 4 is 11.6 Å². The summed E-state index contributed by atoms with van der Waals surface area (Å²) < 4.78 is 2.09. The van der Waals surface area contributed by atoms with Crippen LogP contribution in [0.25, 0.3) is 0 Å². The summed E-state index contributed by atoms with van der Waals surface area (Å²) in [5.41, 5.74) is 2.80. The predicted molar refractivity (Wildman–Crippen MR) is 72.7 cm³/mol. The number of benzene rings is 1. The molecule has 3 rings (SSSR count). The second kappa shape index (κ2) is 5.12. The molecule has 0 spiro atoms. The van der Waals surface area contributed by atoms with Crippen molar-refractivity contribution in [2.75, 3.05) is 6.54 Å². The van der Waals surface area contributed by atoms with Gasteiger partial charge in [-0.2, -0.15) is 0 Å². The summed E-state index contributed by atoms with van der Waals surface area (Å²) in [6.07, 6.45) is 7.94. The van der Waals surface area contributed by atoms with Gasteiger partial charge < -0.3 is 9.88 Å². The van der Waals surface area contributed by atoms with E-state index < -0.39 is 0 Å². The molecule has 1 aliphatic carbocycles. The van der Waals surface area contributed by atoms with Crippen molar-refractivity contribution in [3.63, 3.8) is 0 Å². The van der Waals surface area contributed by atoms with Crippen LogP contribution in [0.15, 0.2) is 36.9 Å². The molecule has 1 aromatic heterocycles. The van der Waals surface area contributed by atoms with Gasteiger partial charge in [0.05, 0.1) is 6.33 Å². The lowest BCUT2D eigenvalue weighted by molar-refractivity contribution is 0.501. The summed E-state index contributed by atoms with van der Waals surface area (Å²) in [4.78, 5) is 4.04. The van der Waals surface area contributed by atoms with Crippen molar-refractivity contribution < 1.29 is 0 Å². The molecule has 4 heteroatoms. The fourth-order valence-electron chi connectivity index (χ4n) is 2.59. The van der Waals surface area contributed by atoms with E-state index in [9.17, 15) is 0 Å². The van der Waals surface area contributed by atoms with Gasteiger partial charge in [-0.15, -0.1) is 0 Å². The number of halogens is 1. The van der Waals surface area contributed by atoms with Gasteiger partial charge >= 0.3 is 0 Å². The van der Waals surface area contributed by atoms with E-state index >= 15 is 0 Å². The van der Waals surface area contributed by atoms with Crippen LogP contribution in [0.1, 0.15) is 23.6 Å². The number of nitrogens with one attached hydrogen (secondary N) is 1. The monoisotopic (exact) mass is 261 g/mol. The van der Waals surface area contributed by atoms with Gasteiger partial charge in [0.25, 0.3) is 0 Å². The normalized spacial score (nSPS) is 17.9. The third-order valence-corrected chi connectivity index (χ3v) is 3.74. The average Bonchev–Trinajstić information content (AvgIpc) is 2.99. The smallest absolute Gasteiger partial charge is 0.0946 e. The van der Waals surface area contributed by atoms with Crippen LogP contribution in [0.5, 0.6) is 0 Å². The van der Waals surface area contributed by atoms with E-state index in [0.29, 0.717) is 6.04 Å². The van der Waals surface area contributed by atoms with Gasteiger partial charge in [-0.1, -0.05) is 17.7 Å². The topological polar surface area (TPSA) is 29.9 Å². The Kier molecular flexibility index (Phi) is 3.35. The van der Waals surface area contributed by atoms with Gasteiger partial charge in [-0.05, 0) is 36.1 Å². The predicted octanol–water partition coefficient (Wildman–Crippen LogP) is 2.81. The first kappa shape index (κ1) is 11.8. The van der Waals surface area contributed by atoms with Gasteiger partial charge in [-0.3, -0.25) is 0 Å². The number of aryl methyl sites for hydroxylation is 1. The second-order valence-electron chi connectivity index (χ2n) is 4.69. The van der Waals surface area contributed by atoms with Gasteiger partial charge in [-0.25, -0.2) is 4.98 Å². The molecule has 0 aliphatic heterocycles. The van der Waals surface area contributed by atoms with Crippen molar-refractivity contribution in [1.29, 1.82) is 0 Å². The largest absolute Gasteiger partial charge is 0.336 e. The lowest BCUT2D eigenvalue weighted by Crippen LogP contribution is -2.23. The highest BCUT2D eigenvalue weighted by Gasteiger charge is 2.21. The zero-order valence-electron chi connectivity index (χ0n) is 10.1. The Balaban J connectivity index is 1.59. The van der Waals surface area contributed by atoms with E-state index in [0.717, 1.165) is 24.5 Å². The summed E-state index contributed by atoms with van der Waals surface area (Å²) in [6.45, 7) is 1.92. The molecule has 0 radical (unpaired) electrons. The fraction of sp³-hybridized carbons (Fsp3) is 0.357. The molecule has 18 heavy (non-hydrogen) atoms. The molecule has 1 aromatic carbocycles. The van der Waals surface area contributed by atoms with Crippen LogP contribution in [-0.4, -0.2) is 16.1 Å². The molecule has 1 N–H and O–H groups in total. The number of aromatic nitrogens is 2. The van der Waals surface area contributed by atoms with E-state index in [-0.39, 0.29) is 0 Å². The number of hydrogen-bond donors (Lipinski definition) is 1. The van der Waals surface area contributed by atoms with Crippen molar-refractivity contribution in [3.8, 4) is 0 Å². The molecule has 1 atom stereocenters. The minimum Gasteiger partial charge on any atom is -0.336 e. The zero-order chi connectivity index (χ0) is 12.4. The number of rotatable bonds is 4. The summed E-state index contributed by atoms with van der Waals surface area (Å²) in [5.74, 6) is 0. The lowest BCUT2D eigenvalue weighted by Gasteiger charge is -2.14. The second-order valence-corrected chi connectivity index (χ2v) is 5.13. The highest BCUT2D eigenvalue weighted by molar-refractivity contribution is 6.30. The molecule has 94 valence electrons. The molecule has 0 amide bonds. The van der Waals surface area contributed by atoms with Gasteiger partial charge in [0.1, 0.15) is 0 Å². The molecule has 1 aliphatic rings. The quantitative estimate of drug-likeness (QED) is 0.917. The summed E-state index contributed by atoms with van der Waals surface area (Å²) >= 11 is 6.01. The Morgan fingerprint density at radius 3 is 3.22 bits per heavy atom. The Labute approximate surface area is 112 Å². The molecule has 0 bridgehead atoms.